The zero-order valence-electron chi connectivity index (χ0n) is 12.2. The largest absolute Gasteiger partial charge is 0.312 e. The summed E-state index contributed by atoms with van der Waals surface area (Å²) in [5, 5.41) is 6.61. The van der Waals surface area contributed by atoms with E-state index >= 15 is 0 Å². The zero-order valence-corrected chi connectivity index (χ0v) is 12.2. The molecule has 2 heterocycles. The average Bonchev–Trinajstić information content (AvgIpc) is 2.96. The summed E-state index contributed by atoms with van der Waals surface area (Å²) in [4.78, 5) is 18.6. The first-order chi connectivity index (χ1) is 10.3. The van der Waals surface area contributed by atoms with Gasteiger partial charge in [0, 0.05) is 25.1 Å². The molecule has 5 heteroatoms. The van der Waals surface area contributed by atoms with E-state index in [2.05, 4.69) is 40.3 Å². The predicted molar refractivity (Wildman–Crippen MR) is 81.1 cm³/mol. The maximum atomic E-state index is 12.6. The lowest BCUT2D eigenvalue weighted by Gasteiger charge is -2.23. The van der Waals surface area contributed by atoms with Crippen LogP contribution in [-0.2, 0) is 11.2 Å². The first-order valence-electron chi connectivity index (χ1n) is 7.49. The molecule has 1 aromatic heterocycles. The standard InChI is InChI=1S/C16H20N4O/c1-12-5-4-10-20(14-7-3-2-6-13(12)14)16(21)9-8-15-17-11-18-19-15/h2-3,6-7,11-12H,4-5,8-10H2,1H3,(H,17,18,19)/t12-/m0/s1. The first kappa shape index (κ1) is 13.8. The van der Waals surface area contributed by atoms with E-state index in [9.17, 15) is 4.79 Å². The van der Waals surface area contributed by atoms with Crippen molar-refractivity contribution in [3.8, 4) is 0 Å². The summed E-state index contributed by atoms with van der Waals surface area (Å²) < 4.78 is 0. The molecule has 1 N–H and O–H groups in total. The van der Waals surface area contributed by atoms with Crippen LogP contribution in [0.2, 0.25) is 0 Å². The van der Waals surface area contributed by atoms with Gasteiger partial charge in [-0.3, -0.25) is 9.89 Å². The van der Waals surface area contributed by atoms with Crippen molar-refractivity contribution in [2.75, 3.05) is 11.4 Å². The second-order valence-electron chi connectivity index (χ2n) is 5.58. The van der Waals surface area contributed by atoms with Crippen molar-refractivity contribution in [3.05, 3.63) is 42.0 Å². The monoisotopic (exact) mass is 284 g/mol. The maximum absolute atomic E-state index is 12.6. The maximum Gasteiger partial charge on any atom is 0.227 e. The Balaban J connectivity index is 1.77. The minimum absolute atomic E-state index is 0.160. The van der Waals surface area contributed by atoms with E-state index in [4.69, 9.17) is 0 Å². The topological polar surface area (TPSA) is 61.9 Å². The highest BCUT2D eigenvalue weighted by molar-refractivity contribution is 5.94. The number of H-pyrrole nitrogens is 1. The highest BCUT2D eigenvalue weighted by Gasteiger charge is 2.23. The number of hydrogen-bond acceptors (Lipinski definition) is 3. The van der Waals surface area contributed by atoms with E-state index < -0.39 is 0 Å². The van der Waals surface area contributed by atoms with Crippen molar-refractivity contribution < 1.29 is 4.79 Å². The number of carbonyl (C=O) groups excluding carboxylic acids is 1. The zero-order chi connectivity index (χ0) is 14.7. The molecule has 1 aromatic carbocycles. The van der Waals surface area contributed by atoms with Gasteiger partial charge >= 0.3 is 0 Å². The minimum Gasteiger partial charge on any atom is -0.312 e. The van der Waals surface area contributed by atoms with E-state index in [0.29, 0.717) is 18.8 Å². The van der Waals surface area contributed by atoms with Gasteiger partial charge < -0.3 is 4.90 Å². The third kappa shape index (κ3) is 2.96. The van der Waals surface area contributed by atoms with Crippen molar-refractivity contribution in [2.24, 2.45) is 0 Å². The third-order valence-corrected chi connectivity index (χ3v) is 4.12. The fourth-order valence-electron chi connectivity index (χ4n) is 2.95. The van der Waals surface area contributed by atoms with Crippen LogP contribution < -0.4 is 4.90 Å². The van der Waals surface area contributed by atoms with E-state index in [0.717, 1.165) is 30.9 Å². The fraction of sp³-hybridized carbons (Fsp3) is 0.438. The first-order valence-corrected chi connectivity index (χ1v) is 7.49. The summed E-state index contributed by atoms with van der Waals surface area (Å²) in [6.45, 7) is 3.04. The van der Waals surface area contributed by atoms with Crippen LogP contribution in [0.15, 0.2) is 30.6 Å². The molecule has 21 heavy (non-hydrogen) atoms. The molecular weight excluding hydrogens is 264 g/mol. The number of anilines is 1. The van der Waals surface area contributed by atoms with Gasteiger partial charge in [-0.25, -0.2) is 4.98 Å². The quantitative estimate of drug-likeness (QED) is 0.942. The molecule has 0 fully saturated rings. The van der Waals surface area contributed by atoms with Gasteiger partial charge in [0.2, 0.25) is 5.91 Å². The Hall–Kier alpha value is -2.17. The van der Waals surface area contributed by atoms with Crippen LogP contribution in [0.5, 0.6) is 0 Å². The Morgan fingerprint density at radius 3 is 3.10 bits per heavy atom. The van der Waals surface area contributed by atoms with Gasteiger partial charge in [-0.15, -0.1) is 0 Å². The van der Waals surface area contributed by atoms with Gasteiger partial charge in [0.05, 0.1) is 0 Å². The summed E-state index contributed by atoms with van der Waals surface area (Å²) >= 11 is 0. The summed E-state index contributed by atoms with van der Waals surface area (Å²) in [7, 11) is 0. The van der Waals surface area contributed by atoms with Crippen LogP contribution in [0.25, 0.3) is 0 Å². The van der Waals surface area contributed by atoms with Gasteiger partial charge in [-0.2, -0.15) is 5.10 Å². The highest BCUT2D eigenvalue weighted by Crippen LogP contribution is 2.34. The molecule has 1 atom stereocenters. The molecule has 110 valence electrons. The number of fused-ring (bicyclic) bond motifs is 1. The number of benzene rings is 1. The van der Waals surface area contributed by atoms with Crippen LogP contribution >= 0.6 is 0 Å². The molecule has 3 rings (SSSR count). The molecule has 1 aliphatic heterocycles. The van der Waals surface area contributed by atoms with Crippen molar-refractivity contribution in [1.82, 2.24) is 15.2 Å². The number of carbonyl (C=O) groups is 1. The molecule has 0 saturated heterocycles. The Bertz CT molecular complexity index is 608. The molecule has 0 spiro atoms. The number of nitrogens with zero attached hydrogens (tertiary/aromatic N) is 3. The minimum atomic E-state index is 0.160. The van der Waals surface area contributed by atoms with Gasteiger partial charge in [0.1, 0.15) is 12.2 Å². The summed E-state index contributed by atoms with van der Waals surface area (Å²) in [6, 6.07) is 8.26. The molecule has 0 bridgehead atoms. The molecule has 0 radical (unpaired) electrons. The third-order valence-electron chi connectivity index (χ3n) is 4.12. The highest BCUT2D eigenvalue weighted by atomic mass is 16.2. The number of aromatic nitrogens is 3. The van der Waals surface area contributed by atoms with E-state index in [1.54, 1.807) is 0 Å². The number of para-hydroxylation sites is 1. The molecular formula is C16H20N4O. The summed E-state index contributed by atoms with van der Waals surface area (Å²) in [5.41, 5.74) is 2.35. The van der Waals surface area contributed by atoms with Crippen LogP contribution in [0.4, 0.5) is 5.69 Å². The fourth-order valence-corrected chi connectivity index (χ4v) is 2.95. The van der Waals surface area contributed by atoms with Crippen LogP contribution in [0, 0.1) is 0 Å². The van der Waals surface area contributed by atoms with E-state index in [1.807, 2.05) is 11.0 Å². The Morgan fingerprint density at radius 1 is 1.43 bits per heavy atom. The lowest BCUT2D eigenvalue weighted by atomic mass is 9.96. The van der Waals surface area contributed by atoms with Crippen molar-refractivity contribution in [2.45, 2.75) is 38.5 Å². The smallest absolute Gasteiger partial charge is 0.227 e. The normalized spacial score (nSPS) is 18.1. The second kappa shape index (κ2) is 6.08. The molecule has 0 saturated carbocycles. The Labute approximate surface area is 124 Å². The molecule has 1 aliphatic rings. The van der Waals surface area contributed by atoms with Crippen LogP contribution in [-0.4, -0.2) is 27.6 Å². The van der Waals surface area contributed by atoms with Crippen molar-refractivity contribution >= 4 is 11.6 Å². The van der Waals surface area contributed by atoms with Gasteiger partial charge in [0.15, 0.2) is 0 Å². The lowest BCUT2D eigenvalue weighted by molar-refractivity contribution is -0.118. The average molecular weight is 284 g/mol. The molecule has 2 aromatic rings. The number of hydrogen-bond donors (Lipinski definition) is 1. The Morgan fingerprint density at radius 2 is 2.29 bits per heavy atom. The molecule has 1 amide bonds. The lowest BCUT2D eigenvalue weighted by Crippen LogP contribution is -2.32. The van der Waals surface area contributed by atoms with Gasteiger partial charge in [0.25, 0.3) is 0 Å². The molecule has 0 aliphatic carbocycles. The van der Waals surface area contributed by atoms with Crippen molar-refractivity contribution in [1.29, 1.82) is 0 Å². The van der Waals surface area contributed by atoms with E-state index in [1.165, 1.54) is 11.9 Å². The number of aromatic amines is 1. The number of rotatable bonds is 3. The van der Waals surface area contributed by atoms with Crippen LogP contribution in [0.1, 0.15) is 43.5 Å². The molecule has 0 unspecified atom stereocenters. The predicted octanol–water partition coefficient (Wildman–Crippen LogP) is 2.67. The van der Waals surface area contributed by atoms with Crippen LogP contribution in [0.3, 0.4) is 0 Å². The van der Waals surface area contributed by atoms with Gasteiger partial charge in [-0.1, -0.05) is 25.1 Å². The SMILES string of the molecule is C[C@H]1CCCN(C(=O)CCc2ncn[nH]2)c2ccccc21. The Kier molecular flexibility index (Phi) is 3.99. The van der Waals surface area contributed by atoms with Gasteiger partial charge in [-0.05, 0) is 30.4 Å². The summed E-state index contributed by atoms with van der Waals surface area (Å²) in [6.07, 6.45) is 4.71. The van der Waals surface area contributed by atoms with Crippen molar-refractivity contribution in [3.63, 3.8) is 0 Å². The summed E-state index contributed by atoms with van der Waals surface area (Å²) in [5.74, 6) is 1.43. The number of amides is 1. The number of nitrogens with one attached hydrogen (secondary N) is 1. The van der Waals surface area contributed by atoms with E-state index in [-0.39, 0.29) is 5.91 Å². The second-order valence-corrected chi connectivity index (χ2v) is 5.58. The molecule has 5 nitrogen and oxygen atoms in total. The number of aryl methyl sites for hydroxylation is 1.